The molecule has 0 aliphatic rings. The molecule has 0 amide bonds. The molecule has 64 valence electrons. The molecule has 0 aromatic carbocycles. The maximum Gasteiger partial charge on any atom is 0.0893 e. The van der Waals surface area contributed by atoms with Gasteiger partial charge in [-0.15, -0.1) is 11.3 Å². The summed E-state index contributed by atoms with van der Waals surface area (Å²) in [5.41, 5.74) is 0. The van der Waals surface area contributed by atoms with E-state index < -0.39 is 0 Å². The molecule has 0 aliphatic carbocycles. The number of thiazole rings is 1. The van der Waals surface area contributed by atoms with Gasteiger partial charge in [-0.05, 0) is 19.1 Å². The minimum atomic E-state index is 1.13. The van der Waals surface area contributed by atoms with Crippen molar-refractivity contribution in [1.29, 1.82) is 0 Å². The van der Waals surface area contributed by atoms with Crippen LogP contribution >= 0.6 is 11.3 Å². The second-order valence-corrected chi connectivity index (χ2v) is 3.50. The van der Waals surface area contributed by atoms with Crippen LogP contribution in [0, 0.1) is 6.92 Å². The van der Waals surface area contributed by atoms with E-state index >= 15 is 0 Å². The van der Waals surface area contributed by atoms with Crippen molar-refractivity contribution >= 4 is 11.3 Å². The molecule has 0 spiro atoms. The third kappa shape index (κ3) is 3.34. The zero-order chi connectivity index (χ0) is 8.81. The molecule has 0 N–H and O–H groups in total. The molecular formula is C9H12N2S. The Hall–Kier alpha value is -1.09. The van der Waals surface area contributed by atoms with Crippen molar-refractivity contribution < 1.29 is 0 Å². The van der Waals surface area contributed by atoms with Crippen molar-refractivity contribution in [3.8, 4) is 0 Å². The Morgan fingerprint density at radius 3 is 2.17 bits per heavy atom. The largest absolute Gasteiger partial charge is 0.357 e. The standard InChI is InChI=1S/C5H7N.C4H5NS/c1-6-4-2-3-5-6;1-4-5-2-3-6-4/h2-5H,1H3;2-3H,1H3. The zero-order valence-corrected chi connectivity index (χ0v) is 8.08. The number of hydrogen-bond acceptors (Lipinski definition) is 2. The summed E-state index contributed by atoms with van der Waals surface area (Å²) < 4.78 is 2.00. The highest BCUT2D eigenvalue weighted by molar-refractivity contribution is 7.09. The maximum atomic E-state index is 3.94. The van der Waals surface area contributed by atoms with Crippen molar-refractivity contribution in [2.75, 3.05) is 0 Å². The first kappa shape index (κ1) is 9.00. The van der Waals surface area contributed by atoms with Crippen LogP contribution in [0.1, 0.15) is 5.01 Å². The first-order chi connectivity index (χ1) is 5.79. The van der Waals surface area contributed by atoms with Gasteiger partial charge in [0.15, 0.2) is 0 Å². The maximum absolute atomic E-state index is 3.94. The van der Waals surface area contributed by atoms with Crippen molar-refractivity contribution in [2.45, 2.75) is 6.92 Å². The molecule has 0 fully saturated rings. The zero-order valence-electron chi connectivity index (χ0n) is 7.27. The fourth-order valence-corrected chi connectivity index (χ4v) is 1.16. The monoisotopic (exact) mass is 180 g/mol. The summed E-state index contributed by atoms with van der Waals surface area (Å²) in [4.78, 5) is 3.94. The molecule has 0 saturated carbocycles. The lowest BCUT2D eigenvalue weighted by molar-refractivity contribution is 0.928. The molecule has 0 radical (unpaired) electrons. The van der Waals surface area contributed by atoms with E-state index in [2.05, 4.69) is 4.98 Å². The van der Waals surface area contributed by atoms with E-state index in [1.165, 1.54) is 0 Å². The van der Waals surface area contributed by atoms with Gasteiger partial charge in [-0.2, -0.15) is 0 Å². The van der Waals surface area contributed by atoms with Crippen LogP contribution in [0.3, 0.4) is 0 Å². The molecule has 0 bridgehead atoms. The smallest absolute Gasteiger partial charge is 0.0893 e. The molecule has 0 saturated heterocycles. The molecule has 2 aromatic heterocycles. The Labute approximate surface area is 76.5 Å². The summed E-state index contributed by atoms with van der Waals surface area (Å²) in [5, 5.41) is 3.10. The van der Waals surface area contributed by atoms with Crippen LogP contribution in [0.4, 0.5) is 0 Å². The van der Waals surface area contributed by atoms with E-state index in [1.54, 1.807) is 17.5 Å². The van der Waals surface area contributed by atoms with Gasteiger partial charge in [0.25, 0.3) is 0 Å². The van der Waals surface area contributed by atoms with Crippen LogP contribution in [0.15, 0.2) is 36.1 Å². The lowest BCUT2D eigenvalue weighted by Gasteiger charge is -1.79. The minimum absolute atomic E-state index is 1.13. The fraction of sp³-hybridized carbons (Fsp3) is 0.222. The van der Waals surface area contributed by atoms with Gasteiger partial charge < -0.3 is 4.57 Å². The number of hydrogen-bond donors (Lipinski definition) is 0. The van der Waals surface area contributed by atoms with E-state index in [4.69, 9.17) is 0 Å². The predicted octanol–water partition coefficient (Wildman–Crippen LogP) is 2.48. The third-order valence-corrected chi connectivity index (χ3v) is 2.01. The highest BCUT2D eigenvalue weighted by Crippen LogP contribution is 1.98. The molecule has 12 heavy (non-hydrogen) atoms. The highest BCUT2D eigenvalue weighted by atomic mass is 32.1. The van der Waals surface area contributed by atoms with E-state index in [9.17, 15) is 0 Å². The summed E-state index contributed by atoms with van der Waals surface area (Å²) in [6.07, 6.45) is 5.81. The minimum Gasteiger partial charge on any atom is -0.357 e. The van der Waals surface area contributed by atoms with Gasteiger partial charge in [0.1, 0.15) is 0 Å². The average molecular weight is 180 g/mol. The molecule has 0 atom stereocenters. The van der Waals surface area contributed by atoms with Crippen LogP contribution in [0.2, 0.25) is 0 Å². The molecule has 2 rings (SSSR count). The Morgan fingerprint density at radius 2 is 2.00 bits per heavy atom. The number of aryl methyl sites for hydroxylation is 2. The fourth-order valence-electron chi connectivity index (χ4n) is 0.715. The Morgan fingerprint density at radius 1 is 1.33 bits per heavy atom. The SMILES string of the molecule is Cc1nccs1.Cn1cccc1. The lowest BCUT2D eigenvalue weighted by Crippen LogP contribution is -1.75. The molecular weight excluding hydrogens is 168 g/mol. The quantitative estimate of drug-likeness (QED) is 0.609. The van der Waals surface area contributed by atoms with Crippen LogP contribution < -0.4 is 0 Å². The van der Waals surface area contributed by atoms with E-state index in [-0.39, 0.29) is 0 Å². The van der Waals surface area contributed by atoms with Gasteiger partial charge in [-0.3, -0.25) is 4.98 Å². The van der Waals surface area contributed by atoms with Gasteiger partial charge in [0.2, 0.25) is 0 Å². The van der Waals surface area contributed by atoms with Gasteiger partial charge in [-0.25, -0.2) is 0 Å². The third-order valence-electron chi connectivity index (χ3n) is 1.31. The Kier molecular flexibility index (Phi) is 3.54. The molecule has 0 aliphatic heterocycles. The highest BCUT2D eigenvalue weighted by Gasteiger charge is 1.76. The van der Waals surface area contributed by atoms with Crippen LogP contribution in [0.25, 0.3) is 0 Å². The predicted molar refractivity (Wildman–Crippen MR) is 52.3 cm³/mol. The van der Waals surface area contributed by atoms with Gasteiger partial charge in [0.05, 0.1) is 5.01 Å². The van der Waals surface area contributed by atoms with E-state index in [1.807, 2.05) is 48.4 Å². The van der Waals surface area contributed by atoms with Gasteiger partial charge in [-0.1, -0.05) is 0 Å². The van der Waals surface area contributed by atoms with Crippen molar-refractivity contribution in [3.63, 3.8) is 0 Å². The molecule has 0 unspecified atom stereocenters. The number of nitrogens with zero attached hydrogens (tertiary/aromatic N) is 2. The molecule has 3 heteroatoms. The van der Waals surface area contributed by atoms with Crippen molar-refractivity contribution in [2.24, 2.45) is 7.05 Å². The molecule has 2 aromatic rings. The summed E-state index contributed by atoms with van der Waals surface area (Å²) >= 11 is 1.67. The topological polar surface area (TPSA) is 17.8 Å². The summed E-state index contributed by atoms with van der Waals surface area (Å²) in [5.74, 6) is 0. The van der Waals surface area contributed by atoms with Crippen LogP contribution in [-0.4, -0.2) is 9.55 Å². The second-order valence-electron chi connectivity index (χ2n) is 2.40. The average Bonchev–Trinajstić information content (AvgIpc) is 2.63. The lowest BCUT2D eigenvalue weighted by atomic mass is 10.7. The molecule has 2 nitrogen and oxygen atoms in total. The summed E-state index contributed by atoms with van der Waals surface area (Å²) in [6.45, 7) is 1.99. The van der Waals surface area contributed by atoms with Crippen LogP contribution in [-0.2, 0) is 7.05 Å². The number of rotatable bonds is 0. The van der Waals surface area contributed by atoms with E-state index in [0.717, 1.165) is 5.01 Å². The first-order valence-electron chi connectivity index (χ1n) is 3.72. The Balaban J connectivity index is 0.000000120. The van der Waals surface area contributed by atoms with Crippen LogP contribution in [0.5, 0.6) is 0 Å². The number of aromatic nitrogens is 2. The van der Waals surface area contributed by atoms with E-state index in [0.29, 0.717) is 0 Å². The first-order valence-corrected chi connectivity index (χ1v) is 4.60. The van der Waals surface area contributed by atoms with Gasteiger partial charge in [0, 0.05) is 31.0 Å². The summed E-state index contributed by atoms with van der Waals surface area (Å²) in [6, 6.07) is 4.00. The molecule has 2 heterocycles. The second kappa shape index (κ2) is 4.72. The van der Waals surface area contributed by atoms with Gasteiger partial charge >= 0.3 is 0 Å². The normalized spacial score (nSPS) is 8.83. The Bertz CT molecular complexity index is 252. The summed E-state index contributed by atoms with van der Waals surface area (Å²) in [7, 11) is 2.00. The van der Waals surface area contributed by atoms with Crippen molar-refractivity contribution in [3.05, 3.63) is 41.1 Å². The van der Waals surface area contributed by atoms with Crippen molar-refractivity contribution in [1.82, 2.24) is 9.55 Å².